The van der Waals surface area contributed by atoms with Gasteiger partial charge in [0, 0.05) is 7.11 Å². The van der Waals surface area contributed by atoms with Crippen molar-refractivity contribution in [2.24, 2.45) is 0 Å². The summed E-state index contributed by atoms with van der Waals surface area (Å²) in [4.78, 5) is 11.3. The van der Waals surface area contributed by atoms with Crippen LogP contribution in [-0.2, 0) is 9.53 Å². The Morgan fingerprint density at radius 1 is 1.37 bits per heavy atom. The molecule has 0 fully saturated rings. The van der Waals surface area contributed by atoms with E-state index < -0.39 is 29.4 Å². The quantitative estimate of drug-likeness (QED) is 0.671. The number of hydrogen-bond donors (Lipinski definition) is 1. The fourth-order valence-electron chi connectivity index (χ4n) is 1.47. The van der Waals surface area contributed by atoms with Gasteiger partial charge in [0.15, 0.2) is 17.5 Å². The van der Waals surface area contributed by atoms with Crippen molar-refractivity contribution in [3.63, 3.8) is 0 Å². The monoisotopic (exact) mass is 271 g/mol. The summed E-state index contributed by atoms with van der Waals surface area (Å²) in [5.74, 6) is -0.211. The second-order valence-corrected chi connectivity index (χ2v) is 3.65. The van der Waals surface area contributed by atoms with Gasteiger partial charge < -0.3 is 10.1 Å². The number of hydrogen-bond acceptors (Lipinski definition) is 2. The summed E-state index contributed by atoms with van der Waals surface area (Å²) >= 11 is 0. The Bertz CT molecular complexity index is 511. The van der Waals surface area contributed by atoms with E-state index in [-0.39, 0.29) is 12.2 Å². The molecule has 19 heavy (non-hydrogen) atoms. The van der Waals surface area contributed by atoms with E-state index in [1.54, 1.807) is 0 Å². The van der Waals surface area contributed by atoms with Gasteiger partial charge in [-0.25, -0.2) is 13.2 Å². The summed E-state index contributed by atoms with van der Waals surface area (Å²) in [6.45, 7) is 1.45. The Morgan fingerprint density at radius 2 is 1.95 bits per heavy atom. The van der Waals surface area contributed by atoms with Gasteiger partial charge in [0.1, 0.15) is 0 Å². The molecule has 0 bridgehead atoms. The van der Waals surface area contributed by atoms with Crippen LogP contribution in [0.3, 0.4) is 0 Å². The van der Waals surface area contributed by atoms with E-state index in [1.807, 2.05) is 0 Å². The van der Waals surface area contributed by atoms with Crippen molar-refractivity contribution in [3.8, 4) is 11.8 Å². The molecule has 102 valence electrons. The number of ether oxygens (including phenoxy) is 1. The molecule has 0 saturated heterocycles. The number of rotatable bonds is 4. The minimum Gasteiger partial charge on any atom is -0.382 e. The molecule has 0 radical (unpaired) electrons. The van der Waals surface area contributed by atoms with Crippen LogP contribution >= 0.6 is 0 Å². The first-order chi connectivity index (χ1) is 8.99. The Morgan fingerprint density at radius 3 is 2.42 bits per heavy atom. The highest BCUT2D eigenvalue weighted by atomic mass is 19.2. The minimum absolute atomic E-state index is 0.0261. The number of nitrogens with one attached hydrogen (secondary N) is 1. The van der Waals surface area contributed by atoms with E-state index in [1.165, 1.54) is 14.0 Å². The van der Waals surface area contributed by atoms with Crippen molar-refractivity contribution in [3.05, 3.63) is 35.1 Å². The third-order valence-corrected chi connectivity index (χ3v) is 2.29. The first-order valence-corrected chi connectivity index (χ1v) is 5.36. The third-order valence-electron chi connectivity index (χ3n) is 2.29. The second-order valence-electron chi connectivity index (χ2n) is 3.65. The van der Waals surface area contributed by atoms with Crippen LogP contribution in [-0.4, -0.2) is 19.6 Å². The Labute approximate surface area is 108 Å². The van der Waals surface area contributed by atoms with Gasteiger partial charge in [-0.1, -0.05) is 5.92 Å². The molecule has 0 aliphatic heterocycles. The second kappa shape index (κ2) is 6.81. The van der Waals surface area contributed by atoms with Gasteiger partial charge in [-0.2, -0.15) is 0 Å². The van der Waals surface area contributed by atoms with Gasteiger partial charge in [0.2, 0.25) is 0 Å². The largest absolute Gasteiger partial charge is 0.382 e. The van der Waals surface area contributed by atoms with Crippen molar-refractivity contribution in [2.75, 3.05) is 13.7 Å². The number of carbonyl (C=O) groups is 1. The fourth-order valence-corrected chi connectivity index (χ4v) is 1.47. The highest BCUT2D eigenvalue weighted by molar-refractivity contribution is 5.93. The highest BCUT2D eigenvalue weighted by Gasteiger charge is 2.18. The molecule has 0 aromatic heterocycles. The van der Waals surface area contributed by atoms with E-state index in [2.05, 4.69) is 17.2 Å². The average Bonchev–Trinajstić information content (AvgIpc) is 2.35. The predicted octanol–water partition coefficient (Wildman–Crippen LogP) is 1.93. The molecule has 1 aromatic carbocycles. The Hall–Kier alpha value is -2.00. The molecule has 1 N–H and O–H groups in total. The van der Waals surface area contributed by atoms with Gasteiger partial charge >= 0.3 is 0 Å². The standard InChI is InChI=1S/C13H12F3NO2/c1-3-4-12(18)17-11(7-19-2)8-5-9(14)13(16)10(15)6-8/h5-6,11H,7H2,1-2H3,(H,17,18). The summed E-state index contributed by atoms with van der Waals surface area (Å²) in [6.07, 6.45) is 0. The lowest BCUT2D eigenvalue weighted by Crippen LogP contribution is -2.30. The maximum Gasteiger partial charge on any atom is 0.296 e. The van der Waals surface area contributed by atoms with Gasteiger partial charge in [-0.05, 0) is 30.5 Å². The van der Waals surface area contributed by atoms with Gasteiger partial charge in [0.05, 0.1) is 12.6 Å². The molecule has 0 spiro atoms. The van der Waals surface area contributed by atoms with Crippen molar-refractivity contribution in [1.82, 2.24) is 5.32 Å². The summed E-state index contributed by atoms with van der Waals surface area (Å²) in [7, 11) is 1.36. The zero-order chi connectivity index (χ0) is 14.4. The van der Waals surface area contributed by atoms with Crippen LogP contribution in [0, 0.1) is 29.3 Å². The normalized spacial score (nSPS) is 11.4. The number of benzene rings is 1. The average molecular weight is 271 g/mol. The fraction of sp³-hybridized carbons (Fsp3) is 0.308. The van der Waals surface area contributed by atoms with Crippen LogP contribution in [0.4, 0.5) is 13.2 Å². The van der Waals surface area contributed by atoms with Crippen molar-refractivity contribution in [2.45, 2.75) is 13.0 Å². The number of amides is 1. The topological polar surface area (TPSA) is 38.3 Å². The molecule has 0 aliphatic carbocycles. The number of methoxy groups -OCH3 is 1. The lowest BCUT2D eigenvalue weighted by atomic mass is 10.1. The Kier molecular flexibility index (Phi) is 5.39. The van der Waals surface area contributed by atoms with E-state index in [0.29, 0.717) is 0 Å². The van der Waals surface area contributed by atoms with Crippen LogP contribution in [0.5, 0.6) is 0 Å². The first-order valence-electron chi connectivity index (χ1n) is 5.36. The van der Waals surface area contributed by atoms with Crippen LogP contribution < -0.4 is 5.32 Å². The summed E-state index contributed by atoms with van der Waals surface area (Å²) in [5, 5.41) is 2.42. The van der Waals surface area contributed by atoms with Crippen molar-refractivity contribution < 1.29 is 22.7 Å². The zero-order valence-corrected chi connectivity index (χ0v) is 10.4. The highest BCUT2D eigenvalue weighted by Crippen LogP contribution is 2.19. The van der Waals surface area contributed by atoms with Crippen LogP contribution in [0.15, 0.2) is 12.1 Å². The predicted molar refractivity (Wildman–Crippen MR) is 62.5 cm³/mol. The van der Waals surface area contributed by atoms with Gasteiger partial charge in [0.25, 0.3) is 5.91 Å². The van der Waals surface area contributed by atoms with Gasteiger partial charge in [-0.15, -0.1) is 0 Å². The molecule has 0 heterocycles. The molecule has 1 unspecified atom stereocenters. The molecule has 6 heteroatoms. The van der Waals surface area contributed by atoms with Crippen LogP contribution in [0.25, 0.3) is 0 Å². The van der Waals surface area contributed by atoms with E-state index >= 15 is 0 Å². The molecule has 0 saturated carbocycles. The third kappa shape index (κ3) is 4.00. The van der Waals surface area contributed by atoms with E-state index in [4.69, 9.17) is 4.74 Å². The molecule has 1 aromatic rings. The summed E-state index contributed by atoms with van der Waals surface area (Å²) in [5.41, 5.74) is 0.0597. The zero-order valence-electron chi connectivity index (χ0n) is 10.4. The molecule has 1 amide bonds. The molecule has 3 nitrogen and oxygen atoms in total. The summed E-state index contributed by atoms with van der Waals surface area (Å²) < 4.78 is 44.0. The molecule has 1 atom stereocenters. The lowest BCUT2D eigenvalue weighted by molar-refractivity contribution is -0.116. The molecular weight excluding hydrogens is 259 g/mol. The number of carbonyl (C=O) groups excluding carboxylic acids is 1. The van der Waals surface area contributed by atoms with Crippen LogP contribution in [0.2, 0.25) is 0 Å². The van der Waals surface area contributed by atoms with Crippen molar-refractivity contribution in [1.29, 1.82) is 0 Å². The smallest absolute Gasteiger partial charge is 0.296 e. The summed E-state index contributed by atoms with van der Waals surface area (Å²) in [6, 6.07) is 0.798. The van der Waals surface area contributed by atoms with E-state index in [0.717, 1.165) is 12.1 Å². The lowest BCUT2D eigenvalue weighted by Gasteiger charge is -2.17. The molecule has 1 rings (SSSR count). The maximum atomic E-state index is 13.1. The first kappa shape index (κ1) is 15.1. The van der Waals surface area contributed by atoms with Crippen LogP contribution in [0.1, 0.15) is 18.5 Å². The maximum absolute atomic E-state index is 13.1. The molecular formula is C13H12F3NO2. The van der Waals surface area contributed by atoms with E-state index in [9.17, 15) is 18.0 Å². The number of halogens is 3. The molecule has 0 aliphatic rings. The minimum atomic E-state index is -1.56. The van der Waals surface area contributed by atoms with Gasteiger partial charge in [-0.3, -0.25) is 4.79 Å². The SMILES string of the molecule is CC#CC(=O)NC(COC)c1cc(F)c(F)c(F)c1. The Balaban J connectivity index is 3.04. The van der Waals surface area contributed by atoms with Crippen molar-refractivity contribution >= 4 is 5.91 Å².